The number of hydrogen-bond donors (Lipinski definition) is 1. The maximum atomic E-state index is 11.8. The zero-order valence-corrected chi connectivity index (χ0v) is 13.3. The first-order valence-corrected chi connectivity index (χ1v) is 8.10. The number of aromatic amines is 1. The van der Waals surface area contributed by atoms with Gasteiger partial charge in [0, 0.05) is 0 Å². The molecule has 0 radical (unpaired) electrons. The van der Waals surface area contributed by atoms with Gasteiger partial charge in [-0.25, -0.2) is 9.78 Å². The molecule has 0 saturated carbocycles. The van der Waals surface area contributed by atoms with Gasteiger partial charge in [-0.1, -0.05) is 6.07 Å². The molecular formula is C14H19N2O4P. The molecule has 0 saturated heterocycles. The number of benzene rings is 1. The maximum absolute atomic E-state index is 11.8. The average Bonchev–Trinajstić information content (AvgIpc) is 2.91. The largest absolute Gasteiger partial charge is 0.460 e. The van der Waals surface area contributed by atoms with Crippen molar-refractivity contribution in [1.29, 1.82) is 0 Å². The summed E-state index contributed by atoms with van der Waals surface area (Å²) >= 11 is 0. The van der Waals surface area contributed by atoms with E-state index in [1.807, 2.05) is 32.0 Å². The van der Waals surface area contributed by atoms with Crippen LogP contribution in [0, 0.1) is 0 Å². The van der Waals surface area contributed by atoms with Gasteiger partial charge in [0.2, 0.25) is 14.2 Å². The number of carbonyl (C=O) groups excluding carboxylic acids is 1. The van der Waals surface area contributed by atoms with Gasteiger partial charge in [-0.2, -0.15) is 0 Å². The fourth-order valence-electron chi connectivity index (χ4n) is 1.87. The Kier molecular flexibility index (Phi) is 5.67. The summed E-state index contributed by atoms with van der Waals surface area (Å²) in [6.45, 7) is 7.02. The number of fused-ring (bicyclic) bond motifs is 1. The molecule has 0 unspecified atom stereocenters. The Balaban J connectivity index is 2.42. The van der Waals surface area contributed by atoms with E-state index in [0.29, 0.717) is 25.3 Å². The van der Waals surface area contributed by atoms with Crippen molar-refractivity contribution >= 4 is 30.7 Å². The Hall–Kier alpha value is -1.49. The first kappa shape index (κ1) is 15.9. The highest BCUT2D eigenvalue weighted by Crippen LogP contribution is 2.38. The quantitative estimate of drug-likeness (QED) is 0.629. The van der Waals surface area contributed by atoms with Gasteiger partial charge in [0.15, 0.2) is 0 Å². The molecule has 0 aliphatic rings. The molecule has 1 aromatic carbocycles. The van der Waals surface area contributed by atoms with Gasteiger partial charge in [-0.3, -0.25) is 0 Å². The van der Waals surface area contributed by atoms with Gasteiger partial charge in [0.1, 0.15) is 5.52 Å². The third kappa shape index (κ3) is 3.59. The average molecular weight is 310 g/mol. The molecule has 2 rings (SSSR count). The van der Waals surface area contributed by atoms with Crippen molar-refractivity contribution < 1.29 is 18.6 Å². The summed E-state index contributed by atoms with van der Waals surface area (Å²) < 4.78 is 16.3. The summed E-state index contributed by atoms with van der Waals surface area (Å²) in [6, 6.07) is 5.66. The Morgan fingerprint density at radius 3 is 2.52 bits per heavy atom. The maximum Gasteiger partial charge on any atom is 0.374 e. The first-order valence-electron chi connectivity index (χ1n) is 6.93. The lowest BCUT2D eigenvalue weighted by Gasteiger charge is -2.15. The lowest BCUT2D eigenvalue weighted by molar-refractivity contribution is 0.0513. The first-order chi connectivity index (χ1) is 10.2. The van der Waals surface area contributed by atoms with Crippen LogP contribution in [0.1, 0.15) is 31.4 Å². The Labute approximate surface area is 124 Å². The molecule has 6 nitrogen and oxygen atoms in total. The van der Waals surface area contributed by atoms with Crippen molar-refractivity contribution in [2.45, 2.75) is 20.8 Å². The van der Waals surface area contributed by atoms with Crippen LogP contribution < -0.4 is 5.30 Å². The van der Waals surface area contributed by atoms with Crippen LogP contribution in [0.2, 0.25) is 0 Å². The molecule has 0 bridgehead atoms. The van der Waals surface area contributed by atoms with Gasteiger partial charge < -0.3 is 18.8 Å². The van der Waals surface area contributed by atoms with Gasteiger partial charge in [0.25, 0.3) is 0 Å². The number of nitrogens with one attached hydrogen (secondary N) is 1. The molecular weight excluding hydrogens is 291 g/mol. The zero-order chi connectivity index (χ0) is 15.2. The van der Waals surface area contributed by atoms with E-state index in [2.05, 4.69) is 9.97 Å². The molecule has 7 heteroatoms. The monoisotopic (exact) mass is 310 g/mol. The number of aromatic nitrogens is 2. The highest BCUT2D eigenvalue weighted by molar-refractivity contribution is 7.56. The second kappa shape index (κ2) is 7.50. The van der Waals surface area contributed by atoms with Gasteiger partial charge >= 0.3 is 5.97 Å². The third-order valence-corrected chi connectivity index (χ3v) is 4.39. The van der Waals surface area contributed by atoms with Crippen LogP contribution in [-0.2, 0) is 13.8 Å². The van der Waals surface area contributed by atoms with E-state index in [9.17, 15) is 4.79 Å². The predicted molar refractivity (Wildman–Crippen MR) is 81.9 cm³/mol. The smallest absolute Gasteiger partial charge is 0.374 e. The molecule has 114 valence electrons. The fraction of sp³-hybridized carbons (Fsp3) is 0.429. The lowest BCUT2D eigenvalue weighted by Crippen LogP contribution is -2.09. The molecule has 1 aromatic heterocycles. The lowest BCUT2D eigenvalue weighted by atomic mass is 10.3. The summed E-state index contributed by atoms with van der Waals surface area (Å²) in [5, 5.41) is 0.859. The van der Waals surface area contributed by atoms with Crippen LogP contribution in [0.4, 0.5) is 0 Å². The number of hydrogen-bond acceptors (Lipinski definition) is 5. The molecule has 0 fully saturated rings. The molecule has 21 heavy (non-hydrogen) atoms. The molecule has 0 atom stereocenters. The minimum Gasteiger partial charge on any atom is -0.460 e. The van der Waals surface area contributed by atoms with E-state index >= 15 is 0 Å². The van der Waals surface area contributed by atoms with E-state index in [4.69, 9.17) is 13.8 Å². The third-order valence-electron chi connectivity index (χ3n) is 2.65. The van der Waals surface area contributed by atoms with E-state index < -0.39 is 14.3 Å². The highest BCUT2D eigenvalue weighted by Gasteiger charge is 2.20. The van der Waals surface area contributed by atoms with Crippen molar-refractivity contribution in [2.24, 2.45) is 0 Å². The van der Waals surface area contributed by atoms with Crippen molar-refractivity contribution in [3.8, 4) is 0 Å². The molecule has 2 aromatic rings. The normalized spacial score (nSPS) is 11.2. The molecule has 1 heterocycles. The molecule has 0 amide bonds. The minimum atomic E-state index is -1.20. The SMILES string of the molecule is CCOC(=O)c1nc2c(P(OCC)OCC)cccc2[nH]1. The van der Waals surface area contributed by atoms with Gasteiger partial charge in [0.05, 0.1) is 30.6 Å². The zero-order valence-electron chi connectivity index (χ0n) is 12.4. The number of carbonyl (C=O) groups is 1. The Morgan fingerprint density at radius 1 is 1.19 bits per heavy atom. The predicted octanol–water partition coefficient (Wildman–Crippen LogP) is 2.75. The highest BCUT2D eigenvalue weighted by atomic mass is 31.2. The van der Waals surface area contributed by atoms with Crippen LogP contribution in [-0.4, -0.2) is 35.8 Å². The summed E-state index contributed by atoms with van der Waals surface area (Å²) in [5.74, 6) is -0.265. The number of para-hydroxylation sites is 1. The van der Waals surface area contributed by atoms with Gasteiger partial charge in [-0.05, 0) is 32.9 Å². The van der Waals surface area contributed by atoms with E-state index in [1.54, 1.807) is 6.92 Å². The van der Waals surface area contributed by atoms with Crippen molar-refractivity contribution in [2.75, 3.05) is 19.8 Å². The van der Waals surface area contributed by atoms with E-state index in [-0.39, 0.29) is 5.82 Å². The van der Waals surface area contributed by atoms with Crippen molar-refractivity contribution in [3.05, 3.63) is 24.0 Å². The summed E-state index contributed by atoms with van der Waals surface area (Å²) in [6.07, 6.45) is 0. The molecule has 1 N–H and O–H groups in total. The van der Waals surface area contributed by atoms with E-state index in [1.165, 1.54) is 0 Å². The van der Waals surface area contributed by atoms with Crippen molar-refractivity contribution in [1.82, 2.24) is 9.97 Å². The van der Waals surface area contributed by atoms with Crippen LogP contribution in [0.25, 0.3) is 11.0 Å². The van der Waals surface area contributed by atoms with Crippen molar-refractivity contribution in [3.63, 3.8) is 0 Å². The topological polar surface area (TPSA) is 73.4 Å². The number of nitrogens with zero attached hydrogens (tertiary/aromatic N) is 1. The Morgan fingerprint density at radius 2 is 1.90 bits per heavy atom. The summed E-state index contributed by atoms with van der Waals surface area (Å²) in [7, 11) is -1.20. The second-order valence-electron chi connectivity index (χ2n) is 4.07. The summed E-state index contributed by atoms with van der Waals surface area (Å²) in [5.41, 5.74) is 1.45. The van der Waals surface area contributed by atoms with Crippen LogP contribution >= 0.6 is 8.38 Å². The second-order valence-corrected chi connectivity index (χ2v) is 5.58. The summed E-state index contributed by atoms with van der Waals surface area (Å²) in [4.78, 5) is 19.1. The fourth-order valence-corrected chi connectivity index (χ4v) is 3.24. The minimum absolute atomic E-state index is 0.197. The van der Waals surface area contributed by atoms with E-state index in [0.717, 1.165) is 10.8 Å². The van der Waals surface area contributed by atoms with Gasteiger partial charge in [-0.15, -0.1) is 0 Å². The number of esters is 1. The number of rotatable bonds is 7. The van der Waals surface area contributed by atoms with Crippen LogP contribution in [0.5, 0.6) is 0 Å². The Bertz CT molecular complexity index is 608. The molecule has 0 aliphatic carbocycles. The number of H-pyrrole nitrogens is 1. The standard InChI is InChI=1S/C14H19N2O4P/c1-4-18-14(17)13-15-10-8-7-9-11(12(10)16-13)21(19-5-2)20-6-3/h7-9H,4-6H2,1-3H3,(H,15,16). The number of imidazole rings is 1. The number of ether oxygens (including phenoxy) is 1. The van der Waals surface area contributed by atoms with Crippen LogP contribution in [0.15, 0.2) is 18.2 Å². The molecule has 0 spiro atoms. The van der Waals surface area contributed by atoms with Crippen LogP contribution in [0.3, 0.4) is 0 Å². The molecule has 0 aliphatic heterocycles.